The third-order valence-corrected chi connectivity index (χ3v) is 5.08. The number of carbonyl (C=O) groups is 1. The molecule has 1 amide bonds. The van der Waals surface area contributed by atoms with Crippen LogP contribution in [-0.2, 0) is 14.6 Å². The van der Waals surface area contributed by atoms with Crippen LogP contribution in [0.25, 0.3) is 0 Å². The summed E-state index contributed by atoms with van der Waals surface area (Å²) in [6.45, 7) is 2.22. The molecule has 0 saturated carbocycles. The number of nitrogens with one attached hydrogen (secondary N) is 1. The first-order chi connectivity index (χ1) is 10.4. The molecule has 0 unspecified atom stereocenters. The van der Waals surface area contributed by atoms with Crippen LogP contribution in [0.4, 0.5) is 0 Å². The first-order valence-electron chi connectivity index (χ1n) is 6.91. The quantitative estimate of drug-likeness (QED) is 0.611. The van der Waals surface area contributed by atoms with Gasteiger partial charge in [-0.1, -0.05) is 6.07 Å². The number of phenolic OH excluding ortho intramolecular Hbond substituents is 1. The average Bonchev–Trinajstić information content (AvgIpc) is 2.83. The Labute approximate surface area is 128 Å². The van der Waals surface area contributed by atoms with Crippen LogP contribution in [0.2, 0.25) is 0 Å². The normalized spacial score (nSPS) is 20.1. The van der Waals surface area contributed by atoms with Crippen molar-refractivity contribution in [2.75, 3.05) is 18.1 Å². The molecule has 1 aromatic rings. The molecule has 1 fully saturated rings. The van der Waals surface area contributed by atoms with E-state index in [9.17, 15) is 18.3 Å². The summed E-state index contributed by atoms with van der Waals surface area (Å²) in [6, 6.07) is 4.93. The Morgan fingerprint density at radius 2 is 2.32 bits per heavy atom. The lowest BCUT2D eigenvalue weighted by atomic mass is 10.1. The van der Waals surface area contributed by atoms with Gasteiger partial charge in [-0.05, 0) is 25.5 Å². The lowest BCUT2D eigenvalue weighted by Gasteiger charge is -2.07. The van der Waals surface area contributed by atoms with E-state index in [-0.39, 0.29) is 17.3 Å². The van der Waals surface area contributed by atoms with E-state index in [0.717, 1.165) is 0 Å². The highest BCUT2D eigenvalue weighted by Crippen LogP contribution is 2.28. The summed E-state index contributed by atoms with van der Waals surface area (Å²) in [6.07, 6.45) is 1.61. The first-order valence-corrected chi connectivity index (χ1v) is 8.73. The molecule has 0 bridgehead atoms. The molecule has 1 heterocycles. The summed E-state index contributed by atoms with van der Waals surface area (Å²) in [5.74, 6) is -0.834. The van der Waals surface area contributed by atoms with Gasteiger partial charge < -0.3 is 9.84 Å². The fourth-order valence-electron chi connectivity index (χ4n) is 2.17. The average molecular weight is 326 g/mol. The Hall–Kier alpha value is -2.09. The zero-order valence-corrected chi connectivity index (χ0v) is 13.0. The van der Waals surface area contributed by atoms with Gasteiger partial charge >= 0.3 is 0 Å². The standard InChI is InChI=1S/C14H18N2O5S/c1-2-21-12-5-3-4-10(13(12)17)8-15-16-14(18)11-6-7-22(19,20)9-11/h3-5,8,11,17H,2,6-7,9H2,1H3,(H,16,18)/b15-8+/t11-/m0/s1. The minimum atomic E-state index is -3.11. The Morgan fingerprint density at radius 3 is 2.95 bits per heavy atom. The highest BCUT2D eigenvalue weighted by molar-refractivity contribution is 7.91. The van der Waals surface area contributed by atoms with Crippen molar-refractivity contribution in [2.45, 2.75) is 13.3 Å². The molecular weight excluding hydrogens is 308 g/mol. The molecule has 1 saturated heterocycles. The predicted octanol–water partition coefficient (Wildman–Crippen LogP) is 0.676. The first kappa shape index (κ1) is 16.3. The number of aromatic hydroxyl groups is 1. The van der Waals surface area contributed by atoms with E-state index in [1.807, 2.05) is 0 Å². The molecule has 8 heteroatoms. The summed E-state index contributed by atoms with van der Waals surface area (Å²) in [5, 5.41) is 13.7. The van der Waals surface area contributed by atoms with Gasteiger partial charge in [0, 0.05) is 5.56 Å². The number of hydrazone groups is 1. The van der Waals surface area contributed by atoms with Crippen LogP contribution in [0.3, 0.4) is 0 Å². The van der Waals surface area contributed by atoms with E-state index in [4.69, 9.17) is 4.74 Å². The number of phenols is 1. The molecule has 0 aliphatic carbocycles. The molecule has 1 aliphatic rings. The van der Waals surface area contributed by atoms with Gasteiger partial charge in [-0.3, -0.25) is 4.79 Å². The summed E-state index contributed by atoms with van der Waals surface area (Å²) < 4.78 is 27.9. The third kappa shape index (κ3) is 3.97. The maximum atomic E-state index is 11.8. The van der Waals surface area contributed by atoms with E-state index < -0.39 is 21.7 Å². The second kappa shape index (κ2) is 6.78. The molecule has 22 heavy (non-hydrogen) atoms. The number of carbonyl (C=O) groups excluding carboxylic acids is 1. The van der Waals surface area contributed by atoms with Crippen LogP contribution in [0, 0.1) is 5.92 Å². The fourth-order valence-corrected chi connectivity index (χ4v) is 3.92. The van der Waals surface area contributed by atoms with Crippen molar-refractivity contribution in [2.24, 2.45) is 11.0 Å². The summed E-state index contributed by atoms with van der Waals surface area (Å²) in [5.41, 5.74) is 2.70. The van der Waals surface area contributed by atoms with Gasteiger partial charge in [0.15, 0.2) is 21.3 Å². The monoisotopic (exact) mass is 326 g/mol. The molecule has 0 spiro atoms. The van der Waals surface area contributed by atoms with Gasteiger partial charge in [-0.25, -0.2) is 13.8 Å². The second-order valence-corrected chi connectivity index (χ2v) is 7.19. The summed E-state index contributed by atoms with van der Waals surface area (Å²) in [7, 11) is -3.11. The van der Waals surface area contributed by atoms with Gasteiger partial charge in [-0.15, -0.1) is 0 Å². The number of amides is 1. The molecule has 1 aromatic carbocycles. The number of hydrogen-bond acceptors (Lipinski definition) is 6. The van der Waals surface area contributed by atoms with Gasteiger partial charge in [-0.2, -0.15) is 5.10 Å². The Balaban J connectivity index is 1.98. The minimum Gasteiger partial charge on any atom is -0.504 e. The van der Waals surface area contributed by atoms with Crippen LogP contribution in [0.15, 0.2) is 23.3 Å². The maximum Gasteiger partial charge on any atom is 0.244 e. The summed E-state index contributed by atoms with van der Waals surface area (Å²) >= 11 is 0. The predicted molar refractivity (Wildman–Crippen MR) is 81.8 cm³/mol. The largest absolute Gasteiger partial charge is 0.504 e. The number of ether oxygens (including phenoxy) is 1. The van der Waals surface area contributed by atoms with Crippen molar-refractivity contribution in [1.29, 1.82) is 0 Å². The Kier molecular flexibility index (Phi) is 5.02. The number of hydrogen-bond donors (Lipinski definition) is 2. The molecule has 1 atom stereocenters. The van der Waals surface area contributed by atoms with E-state index in [1.165, 1.54) is 6.21 Å². The molecule has 2 rings (SSSR count). The molecule has 2 N–H and O–H groups in total. The van der Waals surface area contributed by atoms with Crippen molar-refractivity contribution >= 4 is 22.0 Å². The van der Waals surface area contributed by atoms with Crippen molar-refractivity contribution in [1.82, 2.24) is 5.43 Å². The molecule has 0 aromatic heterocycles. The van der Waals surface area contributed by atoms with Crippen molar-refractivity contribution < 1.29 is 23.1 Å². The van der Waals surface area contributed by atoms with Crippen LogP contribution in [0.5, 0.6) is 11.5 Å². The molecule has 7 nitrogen and oxygen atoms in total. The Bertz CT molecular complexity index is 684. The topological polar surface area (TPSA) is 105 Å². The van der Waals surface area contributed by atoms with Crippen molar-refractivity contribution in [3.63, 3.8) is 0 Å². The van der Waals surface area contributed by atoms with E-state index in [2.05, 4.69) is 10.5 Å². The van der Waals surface area contributed by atoms with Crippen molar-refractivity contribution in [3.8, 4) is 11.5 Å². The second-order valence-electron chi connectivity index (χ2n) is 4.96. The minimum absolute atomic E-state index is 0.0337. The molecule has 1 aliphatic heterocycles. The summed E-state index contributed by atoms with van der Waals surface area (Å²) in [4.78, 5) is 11.8. The van der Waals surface area contributed by atoms with Crippen LogP contribution >= 0.6 is 0 Å². The molecule has 0 radical (unpaired) electrons. The fraction of sp³-hybridized carbons (Fsp3) is 0.429. The van der Waals surface area contributed by atoms with Crippen LogP contribution < -0.4 is 10.2 Å². The lowest BCUT2D eigenvalue weighted by molar-refractivity contribution is -0.124. The number of benzene rings is 1. The van der Waals surface area contributed by atoms with Crippen LogP contribution in [0.1, 0.15) is 18.9 Å². The highest BCUT2D eigenvalue weighted by Gasteiger charge is 2.32. The van der Waals surface area contributed by atoms with E-state index in [1.54, 1.807) is 25.1 Å². The number of rotatable bonds is 5. The number of sulfone groups is 1. The SMILES string of the molecule is CCOc1cccc(/C=N/NC(=O)[C@H]2CCS(=O)(=O)C2)c1O. The number of nitrogens with zero attached hydrogens (tertiary/aromatic N) is 1. The molecular formula is C14H18N2O5S. The third-order valence-electron chi connectivity index (χ3n) is 3.31. The lowest BCUT2D eigenvalue weighted by Crippen LogP contribution is -2.27. The maximum absolute atomic E-state index is 11.8. The zero-order chi connectivity index (χ0) is 16.2. The van der Waals surface area contributed by atoms with E-state index in [0.29, 0.717) is 24.3 Å². The molecule has 120 valence electrons. The van der Waals surface area contributed by atoms with Crippen molar-refractivity contribution in [3.05, 3.63) is 23.8 Å². The van der Waals surface area contributed by atoms with Gasteiger partial charge in [0.25, 0.3) is 0 Å². The van der Waals surface area contributed by atoms with Crippen LogP contribution in [-0.4, -0.2) is 43.8 Å². The smallest absolute Gasteiger partial charge is 0.244 e. The van der Waals surface area contributed by atoms with Gasteiger partial charge in [0.2, 0.25) is 5.91 Å². The highest BCUT2D eigenvalue weighted by atomic mass is 32.2. The van der Waals surface area contributed by atoms with Gasteiger partial charge in [0.1, 0.15) is 0 Å². The van der Waals surface area contributed by atoms with E-state index >= 15 is 0 Å². The zero-order valence-electron chi connectivity index (χ0n) is 12.2. The Morgan fingerprint density at radius 1 is 1.55 bits per heavy atom. The van der Waals surface area contributed by atoms with Gasteiger partial charge in [0.05, 0.1) is 30.2 Å². The number of para-hydroxylation sites is 1.